The Hall–Kier alpha value is -1.20. The minimum atomic E-state index is -0.366. The number of carbonyl (C=O) groups is 1. The third-order valence-corrected chi connectivity index (χ3v) is 4.12. The van der Waals surface area contributed by atoms with Crippen molar-refractivity contribution in [2.45, 2.75) is 49.2 Å². The van der Waals surface area contributed by atoms with Gasteiger partial charge in [-0.25, -0.2) is 5.48 Å². The molecule has 0 fully saturated rings. The van der Waals surface area contributed by atoms with Crippen LogP contribution in [0.3, 0.4) is 0 Å². The molecule has 0 aliphatic rings. The highest BCUT2D eigenvalue weighted by atomic mass is 32.2. The molecule has 0 radical (unpaired) electrons. The van der Waals surface area contributed by atoms with Crippen LogP contribution in [0.25, 0.3) is 0 Å². The van der Waals surface area contributed by atoms with E-state index in [1.807, 2.05) is 0 Å². The molecule has 3 N–H and O–H groups in total. The molecule has 0 aliphatic carbocycles. The second-order valence-electron chi connectivity index (χ2n) is 4.43. The van der Waals surface area contributed by atoms with E-state index in [0.717, 1.165) is 37.0 Å². The predicted molar refractivity (Wildman–Crippen MR) is 76.4 cm³/mol. The highest BCUT2D eigenvalue weighted by Crippen LogP contribution is 2.28. The molecule has 19 heavy (non-hydrogen) atoms. The maximum atomic E-state index is 11.6. The second-order valence-corrected chi connectivity index (χ2v) is 5.70. The molecule has 0 aliphatic heterocycles. The van der Waals surface area contributed by atoms with Crippen LogP contribution in [-0.2, 0) is 4.79 Å². The van der Waals surface area contributed by atoms with Crippen LogP contribution in [0.4, 0.5) is 0 Å². The number of phenols is 1. The van der Waals surface area contributed by atoms with Gasteiger partial charge < -0.3 is 5.11 Å². The SMILES string of the molecule is CCCCCCC(Sc1ccc(O)cc1)C(=O)NO. The quantitative estimate of drug-likeness (QED) is 0.296. The topological polar surface area (TPSA) is 69.6 Å². The minimum Gasteiger partial charge on any atom is -0.508 e. The molecule has 1 unspecified atom stereocenters. The van der Waals surface area contributed by atoms with E-state index < -0.39 is 0 Å². The fourth-order valence-corrected chi connectivity index (χ4v) is 2.83. The number of hydrogen-bond donors (Lipinski definition) is 3. The number of phenolic OH excluding ortho intramolecular Hbond substituents is 1. The summed E-state index contributed by atoms with van der Waals surface area (Å²) in [4.78, 5) is 12.5. The monoisotopic (exact) mass is 283 g/mol. The number of amides is 1. The van der Waals surface area contributed by atoms with E-state index in [4.69, 9.17) is 5.21 Å². The van der Waals surface area contributed by atoms with Gasteiger partial charge in [0.05, 0.1) is 5.25 Å². The largest absolute Gasteiger partial charge is 0.508 e. The summed E-state index contributed by atoms with van der Waals surface area (Å²) in [6.45, 7) is 2.14. The van der Waals surface area contributed by atoms with Crippen LogP contribution < -0.4 is 5.48 Å². The van der Waals surface area contributed by atoms with Gasteiger partial charge in [0.1, 0.15) is 5.75 Å². The summed E-state index contributed by atoms with van der Waals surface area (Å²) in [6.07, 6.45) is 5.12. The van der Waals surface area contributed by atoms with Gasteiger partial charge in [0.2, 0.25) is 0 Å². The van der Waals surface area contributed by atoms with Crippen molar-refractivity contribution in [1.82, 2.24) is 5.48 Å². The molecule has 1 atom stereocenters. The molecular weight excluding hydrogens is 262 g/mol. The van der Waals surface area contributed by atoms with Crippen molar-refractivity contribution in [2.75, 3.05) is 0 Å². The molecule has 0 heterocycles. The average molecular weight is 283 g/mol. The summed E-state index contributed by atoms with van der Waals surface area (Å²) in [5.74, 6) is -0.162. The molecular formula is C14H21NO3S. The van der Waals surface area contributed by atoms with E-state index in [0.29, 0.717) is 0 Å². The molecule has 1 amide bonds. The summed E-state index contributed by atoms with van der Waals surface area (Å²) in [5.41, 5.74) is 1.73. The number of carbonyl (C=O) groups excluding carboxylic acids is 1. The zero-order valence-corrected chi connectivity index (χ0v) is 11.9. The first-order valence-electron chi connectivity index (χ1n) is 6.57. The summed E-state index contributed by atoms with van der Waals surface area (Å²) in [7, 11) is 0. The number of nitrogens with one attached hydrogen (secondary N) is 1. The van der Waals surface area contributed by atoms with Crippen LogP contribution in [0.2, 0.25) is 0 Å². The van der Waals surface area contributed by atoms with Gasteiger partial charge in [0.25, 0.3) is 5.91 Å². The number of hydroxylamine groups is 1. The second kappa shape index (κ2) is 8.82. The average Bonchev–Trinajstić information content (AvgIpc) is 2.43. The lowest BCUT2D eigenvalue weighted by Crippen LogP contribution is -2.30. The molecule has 4 nitrogen and oxygen atoms in total. The Kier molecular flexibility index (Phi) is 7.36. The molecule has 1 aromatic carbocycles. The van der Waals surface area contributed by atoms with E-state index >= 15 is 0 Å². The van der Waals surface area contributed by atoms with Crippen molar-refractivity contribution in [3.05, 3.63) is 24.3 Å². The molecule has 0 saturated carbocycles. The van der Waals surface area contributed by atoms with Crippen molar-refractivity contribution in [1.29, 1.82) is 0 Å². The van der Waals surface area contributed by atoms with Crippen LogP contribution in [0.15, 0.2) is 29.2 Å². The third-order valence-electron chi connectivity index (χ3n) is 2.84. The van der Waals surface area contributed by atoms with Gasteiger partial charge in [-0.2, -0.15) is 0 Å². The lowest BCUT2D eigenvalue weighted by atomic mass is 10.1. The van der Waals surface area contributed by atoms with Crippen LogP contribution in [-0.4, -0.2) is 21.5 Å². The molecule has 106 valence electrons. The normalized spacial score (nSPS) is 12.1. The zero-order chi connectivity index (χ0) is 14.1. The van der Waals surface area contributed by atoms with Gasteiger partial charge in [-0.3, -0.25) is 10.0 Å². The van der Waals surface area contributed by atoms with Crippen LogP contribution in [0, 0.1) is 0 Å². The van der Waals surface area contributed by atoms with Crippen molar-refractivity contribution >= 4 is 17.7 Å². The van der Waals surface area contributed by atoms with Gasteiger partial charge in [0, 0.05) is 4.90 Å². The third kappa shape index (κ3) is 5.98. The summed E-state index contributed by atoms with van der Waals surface area (Å²) in [5, 5.41) is 17.7. The zero-order valence-electron chi connectivity index (χ0n) is 11.1. The van der Waals surface area contributed by atoms with E-state index in [1.165, 1.54) is 11.8 Å². The number of benzene rings is 1. The van der Waals surface area contributed by atoms with Gasteiger partial charge in [-0.15, -0.1) is 11.8 Å². The number of unbranched alkanes of at least 4 members (excludes halogenated alkanes) is 3. The van der Waals surface area contributed by atoms with E-state index in [1.54, 1.807) is 29.7 Å². The minimum absolute atomic E-state index is 0.204. The van der Waals surface area contributed by atoms with E-state index in [-0.39, 0.29) is 16.9 Å². The van der Waals surface area contributed by atoms with Gasteiger partial charge in [-0.1, -0.05) is 32.6 Å². The summed E-state index contributed by atoms with van der Waals surface area (Å²) < 4.78 is 0. The highest BCUT2D eigenvalue weighted by molar-refractivity contribution is 8.00. The summed E-state index contributed by atoms with van der Waals surface area (Å²) in [6, 6.07) is 6.72. The molecule has 0 bridgehead atoms. The molecule has 0 aromatic heterocycles. The first kappa shape index (κ1) is 15.9. The number of aromatic hydroxyl groups is 1. The van der Waals surface area contributed by atoms with Crippen molar-refractivity contribution < 1.29 is 15.1 Å². The Labute approximate surface area is 118 Å². The highest BCUT2D eigenvalue weighted by Gasteiger charge is 2.18. The van der Waals surface area contributed by atoms with E-state index in [2.05, 4.69) is 6.92 Å². The summed E-state index contributed by atoms with van der Waals surface area (Å²) >= 11 is 1.40. The fourth-order valence-electron chi connectivity index (χ4n) is 1.76. The maximum Gasteiger partial charge on any atom is 0.256 e. The first-order chi connectivity index (χ1) is 9.17. The van der Waals surface area contributed by atoms with Gasteiger partial charge in [0.15, 0.2) is 0 Å². The Morgan fingerprint density at radius 1 is 1.26 bits per heavy atom. The predicted octanol–water partition coefficient (Wildman–Crippen LogP) is 3.33. The van der Waals surface area contributed by atoms with Gasteiger partial charge >= 0.3 is 0 Å². The van der Waals surface area contributed by atoms with Gasteiger partial charge in [-0.05, 0) is 30.7 Å². The van der Waals surface area contributed by atoms with Crippen LogP contribution in [0.1, 0.15) is 39.0 Å². The number of rotatable bonds is 8. The first-order valence-corrected chi connectivity index (χ1v) is 7.45. The molecule has 5 heteroatoms. The van der Waals surface area contributed by atoms with Crippen molar-refractivity contribution in [2.24, 2.45) is 0 Å². The Morgan fingerprint density at radius 3 is 2.53 bits per heavy atom. The maximum absolute atomic E-state index is 11.6. The molecule has 0 spiro atoms. The van der Waals surface area contributed by atoms with Crippen molar-refractivity contribution in [3.63, 3.8) is 0 Å². The van der Waals surface area contributed by atoms with Crippen LogP contribution in [0.5, 0.6) is 5.75 Å². The Balaban J connectivity index is 2.53. The molecule has 1 aromatic rings. The lowest BCUT2D eigenvalue weighted by molar-refractivity contribution is -0.128. The fraction of sp³-hybridized carbons (Fsp3) is 0.500. The Bertz CT molecular complexity index is 381. The lowest BCUT2D eigenvalue weighted by Gasteiger charge is -2.14. The van der Waals surface area contributed by atoms with Crippen LogP contribution >= 0.6 is 11.8 Å². The van der Waals surface area contributed by atoms with E-state index in [9.17, 15) is 9.90 Å². The number of thioether (sulfide) groups is 1. The molecule has 1 rings (SSSR count). The molecule has 0 saturated heterocycles. The number of hydrogen-bond acceptors (Lipinski definition) is 4. The Morgan fingerprint density at radius 2 is 1.95 bits per heavy atom. The van der Waals surface area contributed by atoms with Crippen molar-refractivity contribution in [3.8, 4) is 5.75 Å². The standard InChI is InChI=1S/C14H21NO3S/c1-2-3-4-5-6-13(14(17)15-18)19-12-9-7-11(16)8-10-12/h7-10,13,16,18H,2-6H2,1H3,(H,15,17). The smallest absolute Gasteiger partial charge is 0.256 e.